The molecule has 1 heterocycles. The maximum Gasteiger partial charge on any atom is 0.410 e. The third-order valence-electron chi connectivity index (χ3n) is 5.19. The second-order valence-corrected chi connectivity index (χ2v) is 7.53. The van der Waals surface area contributed by atoms with Gasteiger partial charge in [0, 0.05) is 25.7 Å². The Hall–Kier alpha value is -2.08. The van der Waals surface area contributed by atoms with E-state index in [0.29, 0.717) is 19.6 Å². The zero-order valence-electron chi connectivity index (χ0n) is 16.8. The highest BCUT2D eigenvalue weighted by atomic mass is 16.6. The van der Waals surface area contributed by atoms with Crippen LogP contribution in [0.1, 0.15) is 45.6 Å². The molecule has 2 amide bonds. The van der Waals surface area contributed by atoms with Crippen LogP contribution in [0.2, 0.25) is 0 Å². The second-order valence-electron chi connectivity index (χ2n) is 7.53. The van der Waals surface area contributed by atoms with E-state index in [-0.39, 0.29) is 30.6 Å². The van der Waals surface area contributed by atoms with Crippen LogP contribution in [0.4, 0.5) is 4.79 Å². The van der Waals surface area contributed by atoms with Gasteiger partial charge in [-0.05, 0) is 37.7 Å². The van der Waals surface area contributed by atoms with Crippen molar-refractivity contribution in [3.8, 4) is 0 Å². The number of rotatable bonds is 7. The summed E-state index contributed by atoms with van der Waals surface area (Å²) >= 11 is 0. The Morgan fingerprint density at radius 3 is 2.59 bits per heavy atom. The van der Waals surface area contributed by atoms with Gasteiger partial charge in [0.05, 0.1) is 6.04 Å². The van der Waals surface area contributed by atoms with Gasteiger partial charge in [0.25, 0.3) is 0 Å². The molecule has 1 aromatic carbocycles. The van der Waals surface area contributed by atoms with Gasteiger partial charge in [0.2, 0.25) is 5.91 Å². The number of carbonyl (C=O) groups excluding carboxylic acids is 2. The topological polar surface area (TPSA) is 75.9 Å². The lowest BCUT2D eigenvalue weighted by atomic mass is 9.97. The Labute approximate surface area is 162 Å². The van der Waals surface area contributed by atoms with Crippen molar-refractivity contribution in [2.45, 2.75) is 58.7 Å². The molecule has 1 aliphatic rings. The number of nitrogens with zero attached hydrogens (tertiary/aromatic N) is 2. The first-order chi connectivity index (χ1) is 12.9. The van der Waals surface area contributed by atoms with Crippen LogP contribution in [-0.4, -0.2) is 53.5 Å². The van der Waals surface area contributed by atoms with Crippen molar-refractivity contribution in [2.24, 2.45) is 11.7 Å². The second kappa shape index (κ2) is 10.3. The van der Waals surface area contributed by atoms with Gasteiger partial charge in [-0.25, -0.2) is 4.79 Å². The summed E-state index contributed by atoms with van der Waals surface area (Å²) in [4.78, 5) is 28.8. The van der Waals surface area contributed by atoms with E-state index in [9.17, 15) is 9.59 Å². The summed E-state index contributed by atoms with van der Waals surface area (Å²) in [6, 6.07) is 9.14. The molecule has 0 saturated carbocycles. The quantitative estimate of drug-likeness (QED) is 0.795. The zero-order chi connectivity index (χ0) is 19.8. The van der Waals surface area contributed by atoms with Crippen molar-refractivity contribution in [3.05, 3.63) is 35.9 Å². The smallest absolute Gasteiger partial charge is 0.410 e. The van der Waals surface area contributed by atoms with Gasteiger partial charge >= 0.3 is 6.09 Å². The summed E-state index contributed by atoms with van der Waals surface area (Å²) in [5, 5.41) is 0. The molecule has 1 aromatic rings. The molecule has 2 N–H and O–H groups in total. The number of hydrogen-bond acceptors (Lipinski definition) is 4. The van der Waals surface area contributed by atoms with Gasteiger partial charge in [0.15, 0.2) is 0 Å². The van der Waals surface area contributed by atoms with E-state index in [1.165, 1.54) is 0 Å². The highest BCUT2D eigenvalue weighted by molar-refractivity contribution is 5.82. The van der Waals surface area contributed by atoms with E-state index in [1.807, 2.05) is 56.0 Å². The minimum atomic E-state index is -0.495. The fraction of sp³-hybridized carbons (Fsp3) is 0.619. The van der Waals surface area contributed by atoms with Gasteiger partial charge < -0.3 is 20.3 Å². The minimum Gasteiger partial charge on any atom is -0.445 e. The number of likely N-dealkylation sites (N-methyl/N-ethyl adjacent to an activating group) is 1. The van der Waals surface area contributed by atoms with E-state index in [2.05, 4.69) is 0 Å². The molecule has 1 saturated heterocycles. The van der Waals surface area contributed by atoms with Crippen LogP contribution in [0.3, 0.4) is 0 Å². The number of amides is 2. The Bertz CT molecular complexity index is 606. The molecule has 0 aromatic heterocycles. The summed E-state index contributed by atoms with van der Waals surface area (Å²) < 4.78 is 5.46. The molecule has 27 heavy (non-hydrogen) atoms. The standard InChI is InChI=1S/C21H33N3O3/c1-4-23(21(26)27-15-17-10-6-5-7-11-17)14-18-12-8-9-13-24(18)20(25)19(22)16(2)3/h5-7,10-11,16,18-19H,4,8-9,12-15,22H2,1-3H3/t18?,19-/m0/s1. The van der Waals surface area contributed by atoms with Gasteiger partial charge in [-0.15, -0.1) is 0 Å². The largest absolute Gasteiger partial charge is 0.445 e. The number of benzene rings is 1. The summed E-state index contributed by atoms with van der Waals surface area (Å²) in [6.45, 7) is 7.84. The molecular weight excluding hydrogens is 342 g/mol. The van der Waals surface area contributed by atoms with Crippen molar-refractivity contribution in [1.82, 2.24) is 9.80 Å². The third-order valence-corrected chi connectivity index (χ3v) is 5.19. The fourth-order valence-electron chi connectivity index (χ4n) is 3.35. The summed E-state index contributed by atoms with van der Waals surface area (Å²) in [5.74, 6) is 0.0848. The molecule has 1 fully saturated rings. The molecule has 2 atom stereocenters. The van der Waals surface area contributed by atoms with Crippen molar-refractivity contribution >= 4 is 12.0 Å². The molecule has 6 nitrogen and oxygen atoms in total. The number of likely N-dealkylation sites (tertiary alicyclic amines) is 1. The van der Waals surface area contributed by atoms with Crippen molar-refractivity contribution in [2.75, 3.05) is 19.6 Å². The maximum absolute atomic E-state index is 12.8. The number of carbonyl (C=O) groups is 2. The van der Waals surface area contributed by atoms with E-state index in [4.69, 9.17) is 10.5 Å². The molecule has 0 bridgehead atoms. The SMILES string of the molecule is CCN(CC1CCCCN1C(=O)[C@@H](N)C(C)C)C(=O)OCc1ccccc1. The molecule has 0 spiro atoms. The van der Waals surface area contributed by atoms with Crippen LogP contribution in [0.5, 0.6) is 0 Å². The van der Waals surface area contributed by atoms with E-state index < -0.39 is 6.04 Å². The molecule has 2 rings (SSSR count). The van der Waals surface area contributed by atoms with Crippen LogP contribution in [0.25, 0.3) is 0 Å². The molecule has 6 heteroatoms. The minimum absolute atomic E-state index is 0.000255. The number of piperidine rings is 1. The summed E-state index contributed by atoms with van der Waals surface area (Å²) in [7, 11) is 0. The Morgan fingerprint density at radius 1 is 1.26 bits per heavy atom. The Balaban J connectivity index is 1.97. The van der Waals surface area contributed by atoms with Gasteiger partial charge in [-0.3, -0.25) is 4.79 Å². The first-order valence-electron chi connectivity index (χ1n) is 9.95. The average Bonchev–Trinajstić information content (AvgIpc) is 2.70. The van der Waals surface area contributed by atoms with E-state index in [0.717, 1.165) is 24.8 Å². The number of nitrogens with two attached hydrogens (primary N) is 1. The lowest BCUT2D eigenvalue weighted by Gasteiger charge is -2.40. The predicted octanol–water partition coefficient (Wildman–Crippen LogP) is 3.01. The maximum atomic E-state index is 12.8. The van der Waals surface area contributed by atoms with Crippen LogP contribution >= 0.6 is 0 Å². The third kappa shape index (κ3) is 5.96. The zero-order valence-corrected chi connectivity index (χ0v) is 16.8. The first-order valence-corrected chi connectivity index (χ1v) is 9.95. The van der Waals surface area contributed by atoms with Crippen LogP contribution < -0.4 is 5.73 Å². The molecular formula is C21H33N3O3. The highest BCUT2D eigenvalue weighted by Crippen LogP contribution is 2.20. The first kappa shape index (κ1) is 21.2. The van der Waals surface area contributed by atoms with Crippen LogP contribution in [0, 0.1) is 5.92 Å². The normalized spacial score (nSPS) is 18.3. The lowest BCUT2D eigenvalue weighted by Crippen LogP contribution is -2.55. The summed E-state index contributed by atoms with van der Waals surface area (Å²) in [5.41, 5.74) is 7.05. The van der Waals surface area contributed by atoms with Crippen LogP contribution in [0.15, 0.2) is 30.3 Å². The fourth-order valence-corrected chi connectivity index (χ4v) is 3.35. The highest BCUT2D eigenvalue weighted by Gasteiger charge is 2.33. The Kier molecular flexibility index (Phi) is 8.10. The van der Waals surface area contributed by atoms with Crippen molar-refractivity contribution in [1.29, 1.82) is 0 Å². The monoisotopic (exact) mass is 375 g/mol. The average molecular weight is 376 g/mol. The van der Waals surface area contributed by atoms with Crippen molar-refractivity contribution < 1.29 is 14.3 Å². The van der Waals surface area contributed by atoms with E-state index in [1.54, 1.807) is 4.90 Å². The Morgan fingerprint density at radius 2 is 1.96 bits per heavy atom. The summed E-state index contributed by atoms with van der Waals surface area (Å²) in [6.07, 6.45) is 2.59. The predicted molar refractivity (Wildman–Crippen MR) is 106 cm³/mol. The molecule has 0 aliphatic carbocycles. The van der Waals surface area contributed by atoms with Crippen molar-refractivity contribution in [3.63, 3.8) is 0 Å². The van der Waals surface area contributed by atoms with Gasteiger partial charge in [-0.1, -0.05) is 44.2 Å². The lowest BCUT2D eigenvalue weighted by molar-refractivity contribution is -0.137. The van der Waals surface area contributed by atoms with Gasteiger partial charge in [-0.2, -0.15) is 0 Å². The number of ether oxygens (including phenoxy) is 1. The molecule has 0 radical (unpaired) electrons. The molecule has 1 aliphatic heterocycles. The van der Waals surface area contributed by atoms with Gasteiger partial charge in [0.1, 0.15) is 6.61 Å². The van der Waals surface area contributed by atoms with Crippen LogP contribution in [-0.2, 0) is 16.1 Å². The van der Waals surface area contributed by atoms with E-state index >= 15 is 0 Å². The molecule has 1 unspecified atom stereocenters. The number of hydrogen-bond donors (Lipinski definition) is 1. The molecule has 150 valence electrons.